The first-order valence-electron chi connectivity index (χ1n) is 3.85. The summed E-state index contributed by atoms with van der Waals surface area (Å²) in [6.07, 6.45) is 7.64. The number of allylic oxidation sites excluding steroid dienone is 1. The molecule has 62 valence electrons. The van der Waals surface area contributed by atoms with E-state index >= 15 is 0 Å². The molecule has 0 atom stereocenters. The van der Waals surface area contributed by atoms with Crippen molar-refractivity contribution in [1.82, 2.24) is 0 Å². The highest BCUT2D eigenvalue weighted by atomic mass is 79.9. The third-order valence-corrected chi connectivity index (χ3v) is 3.84. The van der Waals surface area contributed by atoms with Crippen molar-refractivity contribution in [3.63, 3.8) is 0 Å². The molecule has 12 heavy (non-hydrogen) atoms. The first-order chi connectivity index (χ1) is 5.83. The lowest BCUT2D eigenvalue weighted by atomic mass is 10.1. The summed E-state index contributed by atoms with van der Waals surface area (Å²) in [7, 11) is 0. The molecule has 1 aliphatic rings. The summed E-state index contributed by atoms with van der Waals surface area (Å²) < 4.78 is 1.21. The van der Waals surface area contributed by atoms with Crippen LogP contribution in [-0.4, -0.2) is 6.26 Å². The highest BCUT2D eigenvalue weighted by molar-refractivity contribution is 9.10. The van der Waals surface area contributed by atoms with Gasteiger partial charge in [0.15, 0.2) is 0 Å². The summed E-state index contributed by atoms with van der Waals surface area (Å²) in [5.41, 5.74) is 2.85. The first kappa shape index (κ1) is 8.39. The maximum atomic E-state index is 3.56. The number of benzene rings is 1. The Kier molecular flexibility index (Phi) is 2.28. The van der Waals surface area contributed by atoms with Crippen molar-refractivity contribution in [1.29, 1.82) is 0 Å². The molecular formula is C10H9BrS. The van der Waals surface area contributed by atoms with Crippen molar-refractivity contribution in [2.24, 2.45) is 0 Å². The maximum Gasteiger partial charge on any atom is 0.0317 e. The average Bonchev–Trinajstić information content (AvgIpc) is 2.52. The molecule has 1 aromatic rings. The lowest BCUT2D eigenvalue weighted by Crippen LogP contribution is -1.85. The fourth-order valence-corrected chi connectivity index (χ4v) is 3.00. The van der Waals surface area contributed by atoms with Gasteiger partial charge < -0.3 is 0 Å². The number of hydrogen-bond acceptors (Lipinski definition) is 1. The highest BCUT2D eigenvalue weighted by Crippen LogP contribution is 2.35. The van der Waals surface area contributed by atoms with Crippen LogP contribution in [0.3, 0.4) is 0 Å². The molecule has 2 heteroatoms. The number of hydrogen-bond donors (Lipinski definition) is 0. The minimum atomic E-state index is 1.09. The van der Waals surface area contributed by atoms with Crippen LogP contribution in [0.5, 0.6) is 0 Å². The van der Waals surface area contributed by atoms with Crippen molar-refractivity contribution < 1.29 is 0 Å². The van der Waals surface area contributed by atoms with Crippen LogP contribution in [0, 0.1) is 0 Å². The van der Waals surface area contributed by atoms with Crippen LogP contribution < -0.4 is 0 Å². The van der Waals surface area contributed by atoms with Gasteiger partial charge in [0, 0.05) is 9.37 Å². The van der Waals surface area contributed by atoms with Crippen LogP contribution in [0.15, 0.2) is 27.6 Å². The van der Waals surface area contributed by atoms with Crippen molar-refractivity contribution in [2.45, 2.75) is 11.3 Å². The number of halogens is 1. The molecule has 0 unspecified atom stereocenters. The first-order valence-corrected chi connectivity index (χ1v) is 5.86. The topological polar surface area (TPSA) is 0 Å². The van der Waals surface area contributed by atoms with E-state index in [1.54, 1.807) is 11.8 Å². The Labute approximate surface area is 85.2 Å². The van der Waals surface area contributed by atoms with Gasteiger partial charge in [-0.15, -0.1) is 11.8 Å². The van der Waals surface area contributed by atoms with E-state index in [0.717, 1.165) is 6.42 Å². The van der Waals surface area contributed by atoms with E-state index in [1.807, 2.05) is 0 Å². The number of thioether (sulfide) groups is 1. The smallest absolute Gasteiger partial charge is 0.0317 e. The Morgan fingerprint density at radius 1 is 1.42 bits per heavy atom. The van der Waals surface area contributed by atoms with Gasteiger partial charge in [0.05, 0.1) is 0 Å². The highest BCUT2D eigenvalue weighted by Gasteiger charge is 2.11. The second kappa shape index (κ2) is 3.27. The van der Waals surface area contributed by atoms with E-state index in [9.17, 15) is 0 Å². The molecule has 0 N–H and O–H groups in total. The van der Waals surface area contributed by atoms with Crippen LogP contribution in [-0.2, 0) is 6.42 Å². The molecule has 0 saturated heterocycles. The second-order valence-electron chi connectivity index (χ2n) is 2.76. The van der Waals surface area contributed by atoms with Crippen molar-refractivity contribution >= 4 is 33.8 Å². The van der Waals surface area contributed by atoms with E-state index in [1.165, 1.54) is 20.5 Å². The molecule has 0 fully saturated rings. The standard InChI is InChI=1S/C10H9BrS/c1-12-10-8-4-2-3-7(8)5-6-9(10)11/h2,4-6H,3H2,1H3. The number of rotatable bonds is 1. The number of fused-ring (bicyclic) bond motifs is 1. The summed E-state index contributed by atoms with van der Waals surface area (Å²) in [6.45, 7) is 0. The van der Waals surface area contributed by atoms with Crippen LogP contribution in [0.2, 0.25) is 0 Å². The molecule has 0 saturated carbocycles. The molecule has 0 amide bonds. The monoisotopic (exact) mass is 240 g/mol. The minimum absolute atomic E-state index is 1.09. The Hall–Kier alpha value is -0.210. The van der Waals surface area contributed by atoms with E-state index in [2.05, 4.69) is 46.5 Å². The average molecular weight is 241 g/mol. The van der Waals surface area contributed by atoms with E-state index in [0.29, 0.717) is 0 Å². The molecule has 1 aliphatic carbocycles. The molecular weight excluding hydrogens is 232 g/mol. The predicted octanol–water partition coefficient (Wildman–Crippen LogP) is 3.74. The summed E-state index contributed by atoms with van der Waals surface area (Å²) in [6, 6.07) is 4.33. The van der Waals surface area contributed by atoms with Crippen LogP contribution in [0.4, 0.5) is 0 Å². The second-order valence-corrected chi connectivity index (χ2v) is 4.43. The third kappa shape index (κ3) is 1.23. The van der Waals surface area contributed by atoms with Gasteiger partial charge in [-0.05, 0) is 45.8 Å². The summed E-state index contributed by atoms with van der Waals surface area (Å²) in [5.74, 6) is 0. The SMILES string of the molecule is CSc1c(Br)ccc2c1C=CC2. The fourth-order valence-electron chi connectivity index (χ4n) is 1.49. The van der Waals surface area contributed by atoms with Gasteiger partial charge in [0.1, 0.15) is 0 Å². The lowest BCUT2D eigenvalue weighted by molar-refractivity contribution is 1.25. The van der Waals surface area contributed by atoms with Gasteiger partial charge in [-0.1, -0.05) is 18.2 Å². The zero-order valence-electron chi connectivity index (χ0n) is 6.80. The van der Waals surface area contributed by atoms with Crippen molar-refractivity contribution in [3.05, 3.63) is 33.8 Å². The van der Waals surface area contributed by atoms with Gasteiger partial charge in [-0.3, -0.25) is 0 Å². The minimum Gasteiger partial charge on any atom is -0.128 e. The van der Waals surface area contributed by atoms with Crippen LogP contribution in [0.1, 0.15) is 11.1 Å². The van der Waals surface area contributed by atoms with Crippen molar-refractivity contribution in [2.75, 3.05) is 6.26 Å². The Morgan fingerprint density at radius 2 is 2.25 bits per heavy atom. The fraction of sp³-hybridized carbons (Fsp3) is 0.200. The quantitative estimate of drug-likeness (QED) is 0.675. The van der Waals surface area contributed by atoms with Crippen molar-refractivity contribution in [3.8, 4) is 0 Å². The molecule has 0 nitrogen and oxygen atoms in total. The molecule has 0 aliphatic heterocycles. The van der Waals surface area contributed by atoms with Gasteiger partial charge in [-0.2, -0.15) is 0 Å². The van der Waals surface area contributed by atoms with Gasteiger partial charge in [0.25, 0.3) is 0 Å². The zero-order valence-corrected chi connectivity index (χ0v) is 9.21. The van der Waals surface area contributed by atoms with Crippen LogP contribution >= 0.6 is 27.7 Å². The maximum absolute atomic E-state index is 3.56. The zero-order chi connectivity index (χ0) is 8.55. The molecule has 0 spiro atoms. The molecule has 1 aromatic carbocycles. The van der Waals surface area contributed by atoms with E-state index in [-0.39, 0.29) is 0 Å². The molecule has 0 heterocycles. The largest absolute Gasteiger partial charge is 0.128 e. The normalized spacial score (nSPS) is 13.5. The Morgan fingerprint density at radius 3 is 3.00 bits per heavy atom. The van der Waals surface area contributed by atoms with E-state index in [4.69, 9.17) is 0 Å². The predicted molar refractivity (Wildman–Crippen MR) is 58.7 cm³/mol. The third-order valence-electron chi connectivity index (χ3n) is 2.06. The Balaban J connectivity index is 2.64. The van der Waals surface area contributed by atoms with Gasteiger partial charge in [-0.25, -0.2) is 0 Å². The van der Waals surface area contributed by atoms with Gasteiger partial charge >= 0.3 is 0 Å². The molecule has 2 rings (SSSR count). The van der Waals surface area contributed by atoms with Crippen LogP contribution in [0.25, 0.3) is 6.08 Å². The van der Waals surface area contributed by atoms with E-state index < -0.39 is 0 Å². The summed E-state index contributed by atoms with van der Waals surface area (Å²) >= 11 is 5.36. The molecule has 0 bridgehead atoms. The summed E-state index contributed by atoms with van der Waals surface area (Å²) in [5, 5.41) is 0. The summed E-state index contributed by atoms with van der Waals surface area (Å²) in [4.78, 5) is 1.36. The lowest BCUT2D eigenvalue weighted by Gasteiger charge is -2.06. The molecule has 0 aromatic heterocycles. The Bertz CT molecular complexity index is 342. The van der Waals surface area contributed by atoms with Gasteiger partial charge in [0.2, 0.25) is 0 Å². The molecule has 0 radical (unpaired) electrons.